The van der Waals surface area contributed by atoms with Gasteiger partial charge in [0.2, 0.25) is 0 Å². The van der Waals surface area contributed by atoms with Crippen molar-refractivity contribution in [2.45, 2.75) is 24.0 Å². The van der Waals surface area contributed by atoms with E-state index in [1.165, 1.54) is 51.8 Å². The van der Waals surface area contributed by atoms with Crippen LogP contribution in [0.15, 0.2) is 60.7 Å². The minimum atomic E-state index is -0.297. The first-order chi connectivity index (χ1) is 15.3. The Labute approximate surface area is 186 Å². The normalized spacial score (nSPS) is 23.9. The van der Waals surface area contributed by atoms with Crippen LogP contribution in [0.3, 0.4) is 0 Å². The van der Waals surface area contributed by atoms with Crippen LogP contribution in [0.5, 0.6) is 0 Å². The molecule has 3 aliphatic rings. The van der Waals surface area contributed by atoms with Crippen molar-refractivity contribution in [3.63, 3.8) is 0 Å². The van der Waals surface area contributed by atoms with Crippen LogP contribution in [0.4, 0.5) is 0 Å². The van der Waals surface area contributed by atoms with Gasteiger partial charge in [-0.05, 0) is 39.6 Å². The summed E-state index contributed by atoms with van der Waals surface area (Å²) in [6.07, 6.45) is -0.477. The molecule has 0 spiro atoms. The lowest BCUT2D eigenvalue weighted by molar-refractivity contribution is -0.144. The number of methoxy groups -OCH3 is 1. The number of ether oxygens (including phenoxy) is 2. The highest BCUT2D eigenvalue weighted by Crippen LogP contribution is 2.61. The first kappa shape index (κ1) is 17.9. The molecule has 3 aromatic carbocycles. The van der Waals surface area contributed by atoms with Crippen LogP contribution in [-0.4, -0.2) is 25.8 Å². The first-order valence-electron chi connectivity index (χ1n) is 10.4. The van der Waals surface area contributed by atoms with Gasteiger partial charge in [0.25, 0.3) is 6.47 Å². The largest absolute Gasteiger partial charge is 0.461 e. The molecule has 2 bridgehead atoms. The highest BCUT2D eigenvalue weighted by atomic mass is 32.1. The second kappa shape index (κ2) is 6.39. The minimum Gasteiger partial charge on any atom is -0.461 e. The quantitative estimate of drug-likeness (QED) is 0.303. The van der Waals surface area contributed by atoms with Crippen LogP contribution < -0.4 is 0 Å². The summed E-state index contributed by atoms with van der Waals surface area (Å²) in [5.41, 5.74) is 3.95. The van der Waals surface area contributed by atoms with Crippen molar-refractivity contribution >= 4 is 59.4 Å². The van der Waals surface area contributed by atoms with Crippen LogP contribution in [0.1, 0.15) is 33.4 Å². The predicted octanol–water partition coefficient (Wildman–Crippen LogP) is 6.42. The molecule has 0 aliphatic heterocycles. The molecule has 3 aliphatic carbocycles. The van der Waals surface area contributed by atoms with Crippen molar-refractivity contribution in [1.29, 1.82) is 0 Å². The third kappa shape index (κ3) is 2.23. The van der Waals surface area contributed by atoms with E-state index in [-0.39, 0.29) is 24.0 Å². The minimum absolute atomic E-state index is 0.0199. The summed E-state index contributed by atoms with van der Waals surface area (Å²) in [4.78, 5) is 12.7. The molecule has 0 radical (unpaired) electrons. The fourth-order valence-corrected chi connectivity index (χ4v) is 8.79. The molecule has 0 amide bonds. The Morgan fingerprint density at radius 2 is 1.55 bits per heavy atom. The van der Waals surface area contributed by atoms with E-state index in [2.05, 4.69) is 60.7 Å². The SMILES string of the molecule is COC1C2c3ccccc3C(c3sc4c(sc5cc6ccccc6cc54)c32)C1OC=O. The van der Waals surface area contributed by atoms with Crippen LogP contribution in [0.25, 0.3) is 30.3 Å². The summed E-state index contributed by atoms with van der Waals surface area (Å²) >= 11 is 3.76. The third-order valence-corrected chi connectivity index (χ3v) is 9.60. The van der Waals surface area contributed by atoms with Crippen molar-refractivity contribution in [1.82, 2.24) is 0 Å². The molecule has 2 aromatic heterocycles. The number of hydrogen-bond donors (Lipinski definition) is 0. The van der Waals surface area contributed by atoms with E-state index in [1.54, 1.807) is 7.11 Å². The maximum Gasteiger partial charge on any atom is 0.293 e. The molecule has 2 heterocycles. The molecule has 4 atom stereocenters. The van der Waals surface area contributed by atoms with Crippen molar-refractivity contribution in [2.75, 3.05) is 7.11 Å². The number of thiophene rings is 2. The zero-order chi connectivity index (χ0) is 20.7. The van der Waals surface area contributed by atoms with E-state index in [0.29, 0.717) is 6.47 Å². The van der Waals surface area contributed by atoms with E-state index in [9.17, 15) is 4.79 Å². The van der Waals surface area contributed by atoms with E-state index < -0.39 is 0 Å². The van der Waals surface area contributed by atoms with Gasteiger partial charge in [-0.1, -0.05) is 48.5 Å². The number of carbonyl (C=O) groups excluding carboxylic acids is 1. The average molecular weight is 443 g/mol. The molecular weight excluding hydrogens is 424 g/mol. The van der Waals surface area contributed by atoms with Gasteiger partial charge in [-0.3, -0.25) is 4.79 Å². The summed E-state index contributed by atoms with van der Waals surface area (Å²) < 4.78 is 15.7. The van der Waals surface area contributed by atoms with Gasteiger partial charge in [0.15, 0.2) is 0 Å². The van der Waals surface area contributed by atoms with Gasteiger partial charge in [-0.15, -0.1) is 22.7 Å². The Bertz CT molecular complexity index is 1510. The van der Waals surface area contributed by atoms with Gasteiger partial charge in [-0.2, -0.15) is 0 Å². The maximum atomic E-state index is 11.4. The van der Waals surface area contributed by atoms with E-state index >= 15 is 0 Å². The second-order valence-electron chi connectivity index (χ2n) is 8.32. The first-order valence-corrected chi connectivity index (χ1v) is 12.0. The molecule has 0 saturated carbocycles. The topological polar surface area (TPSA) is 35.5 Å². The summed E-state index contributed by atoms with van der Waals surface area (Å²) in [5.74, 6) is 0.0915. The second-order valence-corrected chi connectivity index (χ2v) is 10.4. The number of hydrogen-bond acceptors (Lipinski definition) is 5. The number of fused-ring (bicyclic) bond motifs is 5. The molecule has 0 N–H and O–H groups in total. The van der Waals surface area contributed by atoms with Crippen molar-refractivity contribution < 1.29 is 14.3 Å². The van der Waals surface area contributed by atoms with Gasteiger partial charge in [0.05, 0.1) is 15.3 Å². The van der Waals surface area contributed by atoms with Crippen molar-refractivity contribution in [3.05, 3.63) is 82.2 Å². The molecule has 31 heavy (non-hydrogen) atoms. The Balaban J connectivity index is 1.56. The van der Waals surface area contributed by atoms with Crippen molar-refractivity contribution in [3.8, 4) is 0 Å². The molecule has 5 aromatic rings. The summed E-state index contributed by atoms with van der Waals surface area (Å²) in [6.45, 7) is 0.581. The standard InChI is InChI=1S/C26H18O3S2/c1-28-22-19-15-8-4-5-9-16(15)20(23(22)29-12-27)25-21(19)26-24(31-25)17-10-13-6-2-3-7-14(13)11-18(17)30-26/h2-12,19-20,22-23H,1H3. The zero-order valence-electron chi connectivity index (χ0n) is 16.7. The lowest BCUT2D eigenvalue weighted by atomic mass is 9.64. The van der Waals surface area contributed by atoms with Gasteiger partial charge >= 0.3 is 0 Å². The molecule has 3 nitrogen and oxygen atoms in total. The molecule has 5 heteroatoms. The summed E-state index contributed by atoms with van der Waals surface area (Å²) in [7, 11) is 1.73. The van der Waals surface area contributed by atoms with Crippen LogP contribution in [-0.2, 0) is 14.3 Å². The van der Waals surface area contributed by atoms with Gasteiger partial charge in [-0.25, -0.2) is 0 Å². The molecule has 0 fully saturated rings. The smallest absolute Gasteiger partial charge is 0.293 e. The monoisotopic (exact) mass is 442 g/mol. The van der Waals surface area contributed by atoms with Crippen LogP contribution in [0, 0.1) is 0 Å². The predicted molar refractivity (Wildman–Crippen MR) is 127 cm³/mol. The lowest BCUT2D eigenvalue weighted by Gasteiger charge is -2.47. The van der Waals surface area contributed by atoms with Gasteiger partial charge in [0, 0.05) is 28.0 Å². The Kier molecular flexibility index (Phi) is 3.69. The van der Waals surface area contributed by atoms with Gasteiger partial charge < -0.3 is 9.47 Å². The molecule has 4 unspecified atom stereocenters. The van der Waals surface area contributed by atoms with Gasteiger partial charge in [0.1, 0.15) is 12.2 Å². The zero-order valence-corrected chi connectivity index (χ0v) is 18.3. The van der Waals surface area contributed by atoms with E-state index in [1.807, 2.05) is 22.7 Å². The Morgan fingerprint density at radius 3 is 2.29 bits per heavy atom. The summed E-state index contributed by atoms with van der Waals surface area (Å²) in [5, 5.41) is 3.87. The summed E-state index contributed by atoms with van der Waals surface area (Å²) in [6, 6.07) is 21.8. The van der Waals surface area contributed by atoms with Crippen LogP contribution >= 0.6 is 22.7 Å². The number of carbonyl (C=O) groups is 1. The highest BCUT2D eigenvalue weighted by Gasteiger charge is 2.53. The molecule has 8 rings (SSSR count). The average Bonchev–Trinajstić information content (AvgIpc) is 3.34. The Morgan fingerprint density at radius 1 is 0.839 bits per heavy atom. The molecule has 152 valence electrons. The number of benzene rings is 3. The fraction of sp³-hybridized carbons (Fsp3) is 0.192. The number of rotatable bonds is 3. The van der Waals surface area contributed by atoms with Crippen LogP contribution in [0.2, 0.25) is 0 Å². The highest BCUT2D eigenvalue weighted by molar-refractivity contribution is 7.33. The fourth-order valence-electron chi connectivity index (χ4n) is 5.75. The maximum absolute atomic E-state index is 11.4. The van der Waals surface area contributed by atoms with Crippen molar-refractivity contribution in [2.24, 2.45) is 0 Å². The molecule has 0 saturated heterocycles. The van der Waals surface area contributed by atoms with E-state index in [4.69, 9.17) is 9.47 Å². The lowest BCUT2D eigenvalue weighted by Crippen LogP contribution is -2.48. The Hall–Kier alpha value is -2.73. The molecular formula is C26H18O3S2. The van der Waals surface area contributed by atoms with E-state index in [0.717, 1.165) is 0 Å². The third-order valence-electron chi connectivity index (χ3n) is 6.96.